The van der Waals surface area contributed by atoms with Crippen LogP contribution in [0.25, 0.3) is 0 Å². The molecule has 0 unspecified atom stereocenters. The van der Waals surface area contributed by atoms with E-state index in [1.54, 1.807) is 31.2 Å². The number of nitrogens with one attached hydrogen (secondary N) is 1. The fourth-order valence-corrected chi connectivity index (χ4v) is 2.49. The Labute approximate surface area is 144 Å². The van der Waals surface area contributed by atoms with Gasteiger partial charge in [-0.1, -0.05) is 12.1 Å². The number of para-hydroxylation sites is 1. The van der Waals surface area contributed by atoms with Gasteiger partial charge in [-0.05, 0) is 13.0 Å². The van der Waals surface area contributed by atoms with E-state index >= 15 is 0 Å². The molecule has 0 aliphatic carbocycles. The number of anilines is 2. The monoisotopic (exact) mass is 342 g/mol. The first kappa shape index (κ1) is 16.8. The lowest BCUT2D eigenvalue weighted by molar-refractivity contribution is -0.385. The number of hydrogen-bond donors (Lipinski definition) is 1. The third-order valence-electron chi connectivity index (χ3n) is 3.68. The van der Waals surface area contributed by atoms with Crippen molar-refractivity contribution < 1.29 is 9.66 Å². The minimum Gasteiger partial charge on any atom is -0.378 e. The predicted octanol–water partition coefficient (Wildman–Crippen LogP) is 1.98. The van der Waals surface area contributed by atoms with E-state index in [2.05, 4.69) is 25.4 Å². The zero-order chi connectivity index (χ0) is 17.6. The third-order valence-corrected chi connectivity index (χ3v) is 3.68. The summed E-state index contributed by atoms with van der Waals surface area (Å²) in [6.45, 7) is 4.69. The number of ether oxygens (including phenoxy) is 1. The van der Waals surface area contributed by atoms with Crippen molar-refractivity contribution in [3.05, 3.63) is 51.8 Å². The molecule has 25 heavy (non-hydrogen) atoms. The molecule has 130 valence electrons. The Morgan fingerprint density at radius 2 is 2.08 bits per heavy atom. The lowest BCUT2D eigenvalue weighted by Crippen LogP contribution is -2.36. The molecule has 2 heterocycles. The van der Waals surface area contributed by atoms with Gasteiger partial charge in [0.1, 0.15) is 11.6 Å². The standard InChI is InChI=1S/C16H18N6O3/c1-12-18-15(10-16(19-12)21-6-8-25-9-7-21)20-17-11-13-4-2-3-5-14(13)22(23)24/h2-5,10-11H,6-9H2,1H3,(H,18,19,20)/b17-11+. The highest BCUT2D eigenvalue weighted by molar-refractivity contribution is 5.85. The maximum atomic E-state index is 11.0. The topological polar surface area (TPSA) is 106 Å². The van der Waals surface area contributed by atoms with Crippen molar-refractivity contribution in [1.29, 1.82) is 0 Å². The van der Waals surface area contributed by atoms with Gasteiger partial charge in [-0.25, -0.2) is 9.97 Å². The molecular formula is C16H18N6O3. The van der Waals surface area contributed by atoms with Crippen LogP contribution in [0.4, 0.5) is 17.3 Å². The largest absolute Gasteiger partial charge is 0.378 e. The van der Waals surface area contributed by atoms with E-state index in [9.17, 15) is 10.1 Å². The molecule has 1 aliphatic heterocycles. The zero-order valence-electron chi connectivity index (χ0n) is 13.8. The third kappa shape index (κ3) is 4.27. The van der Waals surface area contributed by atoms with E-state index < -0.39 is 4.92 Å². The van der Waals surface area contributed by atoms with Gasteiger partial charge in [-0.15, -0.1) is 0 Å². The number of hydrogen-bond acceptors (Lipinski definition) is 8. The van der Waals surface area contributed by atoms with Gasteiger partial charge in [-0.2, -0.15) is 5.10 Å². The number of hydrazone groups is 1. The van der Waals surface area contributed by atoms with Crippen LogP contribution >= 0.6 is 0 Å². The Hall–Kier alpha value is -3.07. The summed E-state index contributed by atoms with van der Waals surface area (Å²) in [7, 11) is 0. The minimum atomic E-state index is -0.438. The number of benzene rings is 1. The molecule has 0 radical (unpaired) electrons. The molecule has 1 aliphatic rings. The first-order valence-corrected chi connectivity index (χ1v) is 7.84. The Morgan fingerprint density at radius 1 is 1.32 bits per heavy atom. The van der Waals surface area contributed by atoms with Crippen LogP contribution in [0, 0.1) is 17.0 Å². The van der Waals surface area contributed by atoms with Crippen molar-refractivity contribution in [2.45, 2.75) is 6.92 Å². The first-order chi connectivity index (χ1) is 12.1. The fraction of sp³-hybridized carbons (Fsp3) is 0.312. The Balaban J connectivity index is 1.75. The number of rotatable bonds is 5. The van der Waals surface area contributed by atoms with Gasteiger partial charge >= 0.3 is 0 Å². The molecule has 1 saturated heterocycles. The Kier molecular flexibility index (Phi) is 5.14. The van der Waals surface area contributed by atoms with E-state index in [4.69, 9.17) is 4.74 Å². The number of nitrogens with zero attached hydrogens (tertiary/aromatic N) is 5. The zero-order valence-corrected chi connectivity index (χ0v) is 13.8. The van der Waals surface area contributed by atoms with Crippen molar-refractivity contribution in [1.82, 2.24) is 9.97 Å². The summed E-state index contributed by atoms with van der Waals surface area (Å²) >= 11 is 0. The second-order valence-electron chi connectivity index (χ2n) is 5.44. The van der Waals surface area contributed by atoms with Crippen LogP contribution in [0.15, 0.2) is 35.4 Å². The summed E-state index contributed by atoms with van der Waals surface area (Å²) in [6.07, 6.45) is 1.41. The fourth-order valence-electron chi connectivity index (χ4n) is 2.49. The molecule has 0 spiro atoms. The van der Waals surface area contributed by atoms with Crippen molar-refractivity contribution in [3.63, 3.8) is 0 Å². The van der Waals surface area contributed by atoms with Crippen molar-refractivity contribution in [2.24, 2.45) is 5.10 Å². The van der Waals surface area contributed by atoms with Crippen molar-refractivity contribution >= 4 is 23.5 Å². The number of nitro groups is 1. The molecule has 2 aromatic rings. The van der Waals surface area contributed by atoms with Crippen LogP contribution in [-0.2, 0) is 4.74 Å². The van der Waals surface area contributed by atoms with Gasteiger partial charge in [0, 0.05) is 25.2 Å². The average Bonchev–Trinajstić information content (AvgIpc) is 2.62. The Morgan fingerprint density at radius 3 is 2.84 bits per heavy atom. The highest BCUT2D eigenvalue weighted by Crippen LogP contribution is 2.18. The lowest BCUT2D eigenvalue weighted by atomic mass is 10.2. The number of nitro benzene ring substituents is 1. The van der Waals surface area contributed by atoms with Crippen LogP contribution in [0.2, 0.25) is 0 Å². The highest BCUT2D eigenvalue weighted by atomic mass is 16.6. The van der Waals surface area contributed by atoms with Gasteiger partial charge < -0.3 is 9.64 Å². The molecule has 0 saturated carbocycles. The number of aromatic nitrogens is 2. The molecule has 3 rings (SSSR count). The summed E-state index contributed by atoms with van der Waals surface area (Å²) in [5.41, 5.74) is 3.23. The lowest BCUT2D eigenvalue weighted by Gasteiger charge is -2.28. The smallest absolute Gasteiger partial charge is 0.278 e. The van der Waals surface area contributed by atoms with E-state index in [-0.39, 0.29) is 5.69 Å². The van der Waals surface area contributed by atoms with Gasteiger partial charge in [0.2, 0.25) is 0 Å². The van der Waals surface area contributed by atoms with Gasteiger partial charge in [0.05, 0.1) is 29.9 Å². The molecule has 0 bridgehead atoms. The minimum absolute atomic E-state index is 0.000855. The van der Waals surface area contributed by atoms with Crippen LogP contribution in [0.3, 0.4) is 0 Å². The van der Waals surface area contributed by atoms with Gasteiger partial charge in [0.15, 0.2) is 5.82 Å². The quantitative estimate of drug-likeness (QED) is 0.503. The van der Waals surface area contributed by atoms with Crippen molar-refractivity contribution in [2.75, 3.05) is 36.6 Å². The second kappa shape index (κ2) is 7.67. The highest BCUT2D eigenvalue weighted by Gasteiger charge is 2.14. The summed E-state index contributed by atoms with van der Waals surface area (Å²) in [4.78, 5) is 21.4. The molecule has 0 amide bonds. The molecule has 9 nitrogen and oxygen atoms in total. The van der Waals surface area contributed by atoms with Gasteiger partial charge in [0.25, 0.3) is 5.69 Å². The SMILES string of the molecule is Cc1nc(N/N=C/c2ccccc2[N+](=O)[O-])cc(N2CCOCC2)n1. The van der Waals surface area contributed by atoms with Crippen LogP contribution in [0.5, 0.6) is 0 Å². The summed E-state index contributed by atoms with van der Waals surface area (Å²) < 4.78 is 5.35. The molecule has 9 heteroatoms. The first-order valence-electron chi connectivity index (χ1n) is 7.84. The number of aryl methyl sites for hydroxylation is 1. The normalized spacial score (nSPS) is 14.7. The van der Waals surface area contributed by atoms with Gasteiger partial charge in [-0.3, -0.25) is 15.5 Å². The Bertz CT molecular complexity index is 789. The average molecular weight is 342 g/mol. The second-order valence-corrected chi connectivity index (χ2v) is 5.44. The molecule has 1 aromatic heterocycles. The van der Waals surface area contributed by atoms with E-state index in [1.807, 2.05) is 0 Å². The predicted molar refractivity (Wildman–Crippen MR) is 94.1 cm³/mol. The number of morpholine rings is 1. The van der Waals surface area contributed by atoms with E-state index in [1.165, 1.54) is 12.3 Å². The molecule has 0 atom stereocenters. The molecule has 1 aromatic carbocycles. The van der Waals surface area contributed by atoms with Crippen LogP contribution in [-0.4, -0.2) is 47.4 Å². The molecular weight excluding hydrogens is 324 g/mol. The summed E-state index contributed by atoms with van der Waals surface area (Å²) in [6, 6.07) is 8.21. The summed E-state index contributed by atoms with van der Waals surface area (Å²) in [5, 5.41) is 15.1. The summed E-state index contributed by atoms with van der Waals surface area (Å²) in [5.74, 6) is 1.95. The maximum Gasteiger partial charge on any atom is 0.278 e. The molecule has 1 N–H and O–H groups in total. The van der Waals surface area contributed by atoms with Crippen LogP contribution < -0.4 is 10.3 Å². The van der Waals surface area contributed by atoms with E-state index in [0.29, 0.717) is 30.4 Å². The molecule has 1 fully saturated rings. The van der Waals surface area contributed by atoms with E-state index in [0.717, 1.165) is 18.9 Å². The maximum absolute atomic E-state index is 11.0. The van der Waals surface area contributed by atoms with Crippen LogP contribution in [0.1, 0.15) is 11.4 Å². The van der Waals surface area contributed by atoms with Crippen molar-refractivity contribution in [3.8, 4) is 0 Å².